The Morgan fingerprint density at radius 3 is 2.40 bits per heavy atom. The number of anilines is 1. The van der Waals surface area contributed by atoms with Crippen molar-refractivity contribution in [1.82, 2.24) is 0 Å². The number of nitro benzene ring substituents is 1. The maximum Gasteiger partial charge on any atom is 0.269 e. The highest BCUT2D eigenvalue weighted by Crippen LogP contribution is 2.32. The molecule has 0 radical (unpaired) electrons. The maximum atomic E-state index is 12.9. The molecule has 2 aromatic carbocycles. The van der Waals surface area contributed by atoms with Crippen LogP contribution in [0.15, 0.2) is 60.0 Å². The van der Waals surface area contributed by atoms with Crippen molar-refractivity contribution in [2.24, 2.45) is 0 Å². The van der Waals surface area contributed by atoms with Crippen molar-refractivity contribution in [2.75, 3.05) is 18.0 Å². The average molecular weight is 383 g/mol. The van der Waals surface area contributed by atoms with Crippen LogP contribution in [0.1, 0.15) is 0 Å². The number of non-ortho nitro benzene ring substituents is 1. The Morgan fingerprint density at radius 1 is 1.28 bits per heavy atom. The largest absolute Gasteiger partial charge is 0.495 e. The van der Waals surface area contributed by atoms with Crippen LogP contribution in [0.5, 0.6) is 5.75 Å². The van der Waals surface area contributed by atoms with Crippen molar-refractivity contribution in [3.63, 3.8) is 0 Å². The Labute approximate surface area is 150 Å². The van der Waals surface area contributed by atoms with Gasteiger partial charge in [0.25, 0.3) is 15.7 Å². The lowest BCUT2D eigenvalue weighted by atomic mass is 10.3. The predicted octanol–water partition coefficient (Wildman–Crippen LogP) is 3.64. The standard InChI is InChI=1S/C16H15ClN2O5S/c1-3-10-18(13-6-9-16(24-2)15(17)11-13)25(22,23)14-7-4-12(5-8-14)19(20)21/h3-9,11H,1,10H2,2H3. The minimum Gasteiger partial charge on any atom is -0.495 e. The van der Waals surface area contributed by atoms with Gasteiger partial charge in [-0.15, -0.1) is 6.58 Å². The molecular weight excluding hydrogens is 368 g/mol. The molecule has 0 atom stereocenters. The van der Waals surface area contributed by atoms with Crippen LogP contribution in [-0.4, -0.2) is 27.0 Å². The molecule has 0 aliphatic heterocycles. The number of hydrogen-bond acceptors (Lipinski definition) is 5. The van der Waals surface area contributed by atoms with Gasteiger partial charge in [-0.1, -0.05) is 17.7 Å². The summed E-state index contributed by atoms with van der Waals surface area (Å²) in [5, 5.41) is 11.0. The van der Waals surface area contributed by atoms with Gasteiger partial charge in [0.15, 0.2) is 0 Å². The molecule has 0 saturated carbocycles. The summed E-state index contributed by atoms with van der Waals surface area (Å²) >= 11 is 6.08. The summed E-state index contributed by atoms with van der Waals surface area (Å²) in [7, 11) is -2.50. The quantitative estimate of drug-likeness (QED) is 0.414. The van der Waals surface area contributed by atoms with Gasteiger partial charge in [0.1, 0.15) is 5.75 Å². The minimum atomic E-state index is -3.96. The lowest BCUT2D eigenvalue weighted by Gasteiger charge is -2.23. The van der Waals surface area contributed by atoms with Crippen LogP contribution in [0.25, 0.3) is 0 Å². The second kappa shape index (κ2) is 7.54. The molecule has 7 nitrogen and oxygen atoms in total. The summed E-state index contributed by atoms with van der Waals surface area (Å²) in [6, 6.07) is 9.23. The SMILES string of the molecule is C=CCN(c1ccc(OC)c(Cl)c1)S(=O)(=O)c1ccc([N+](=O)[O-])cc1. The zero-order chi connectivity index (χ0) is 18.6. The Hall–Kier alpha value is -2.58. The summed E-state index contributed by atoms with van der Waals surface area (Å²) in [4.78, 5) is 10.1. The van der Waals surface area contributed by atoms with Crippen molar-refractivity contribution < 1.29 is 18.1 Å². The summed E-state index contributed by atoms with van der Waals surface area (Å²) in [5.41, 5.74) is 0.130. The number of ether oxygens (including phenoxy) is 1. The van der Waals surface area contributed by atoms with Crippen LogP contribution in [0, 0.1) is 10.1 Å². The third-order valence-electron chi connectivity index (χ3n) is 3.35. The second-order valence-electron chi connectivity index (χ2n) is 4.89. The van der Waals surface area contributed by atoms with Crippen molar-refractivity contribution in [3.8, 4) is 5.75 Å². The molecule has 0 unspecified atom stereocenters. The molecule has 0 fully saturated rings. The molecule has 2 rings (SSSR count). The van der Waals surface area contributed by atoms with E-state index in [0.717, 1.165) is 16.4 Å². The number of nitro groups is 1. The molecule has 0 heterocycles. The van der Waals surface area contributed by atoms with E-state index in [-0.39, 0.29) is 22.2 Å². The molecule has 25 heavy (non-hydrogen) atoms. The number of nitrogens with zero attached hydrogens (tertiary/aromatic N) is 2. The molecular formula is C16H15ClN2O5S. The van der Waals surface area contributed by atoms with Crippen LogP contribution in [0.3, 0.4) is 0 Å². The first kappa shape index (κ1) is 18.8. The van der Waals surface area contributed by atoms with Crippen LogP contribution in [0.4, 0.5) is 11.4 Å². The summed E-state index contributed by atoms with van der Waals surface area (Å²) in [6.07, 6.45) is 1.43. The fourth-order valence-electron chi connectivity index (χ4n) is 2.14. The van der Waals surface area contributed by atoms with E-state index in [0.29, 0.717) is 11.4 Å². The highest BCUT2D eigenvalue weighted by Gasteiger charge is 2.25. The molecule has 0 bridgehead atoms. The first-order valence-electron chi connectivity index (χ1n) is 7.03. The normalized spacial score (nSPS) is 11.0. The molecule has 0 spiro atoms. The lowest BCUT2D eigenvalue weighted by molar-refractivity contribution is -0.384. The van der Waals surface area contributed by atoms with Gasteiger partial charge in [0.2, 0.25) is 0 Å². The number of rotatable bonds is 7. The van der Waals surface area contributed by atoms with Gasteiger partial charge in [-0.2, -0.15) is 0 Å². The fraction of sp³-hybridized carbons (Fsp3) is 0.125. The predicted molar refractivity (Wildman–Crippen MR) is 95.8 cm³/mol. The third-order valence-corrected chi connectivity index (χ3v) is 5.46. The number of methoxy groups -OCH3 is 1. The lowest BCUT2D eigenvalue weighted by Crippen LogP contribution is -2.31. The van der Waals surface area contributed by atoms with E-state index in [1.165, 1.54) is 31.4 Å². The maximum absolute atomic E-state index is 12.9. The molecule has 2 aromatic rings. The third kappa shape index (κ3) is 3.92. The van der Waals surface area contributed by atoms with E-state index < -0.39 is 14.9 Å². The van der Waals surface area contributed by atoms with Crippen molar-refractivity contribution >= 4 is 33.0 Å². The summed E-state index contributed by atoms with van der Waals surface area (Å²) in [6.45, 7) is 3.58. The number of sulfonamides is 1. The molecule has 0 aliphatic rings. The Morgan fingerprint density at radius 2 is 1.92 bits per heavy atom. The first-order chi connectivity index (χ1) is 11.8. The molecule has 9 heteroatoms. The van der Waals surface area contributed by atoms with Crippen LogP contribution < -0.4 is 9.04 Å². The zero-order valence-corrected chi connectivity index (χ0v) is 14.8. The van der Waals surface area contributed by atoms with E-state index in [4.69, 9.17) is 16.3 Å². The van der Waals surface area contributed by atoms with E-state index >= 15 is 0 Å². The van der Waals surface area contributed by atoms with Crippen LogP contribution in [-0.2, 0) is 10.0 Å². The molecule has 132 valence electrons. The highest BCUT2D eigenvalue weighted by molar-refractivity contribution is 7.92. The van der Waals surface area contributed by atoms with Crippen molar-refractivity contribution in [3.05, 3.63) is 70.3 Å². The van der Waals surface area contributed by atoms with Crippen molar-refractivity contribution in [2.45, 2.75) is 4.90 Å². The zero-order valence-electron chi connectivity index (χ0n) is 13.3. The van der Waals surface area contributed by atoms with E-state index in [1.54, 1.807) is 12.1 Å². The van der Waals surface area contributed by atoms with Gasteiger partial charge in [-0.3, -0.25) is 14.4 Å². The van der Waals surface area contributed by atoms with Gasteiger partial charge in [0.05, 0.1) is 34.2 Å². The van der Waals surface area contributed by atoms with Crippen LogP contribution >= 0.6 is 11.6 Å². The Kier molecular flexibility index (Phi) is 5.66. The molecule has 0 aliphatic carbocycles. The van der Waals surface area contributed by atoms with Gasteiger partial charge >= 0.3 is 0 Å². The van der Waals surface area contributed by atoms with Gasteiger partial charge in [-0.05, 0) is 30.3 Å². The van der Waals surface area contributed by atoms with E-state index in [2.05, 4.69) is 6.58 Å². The fourth-order valence-corrected chi connectivity index (χ4v) is 3.82. The minimum absolute atomic E-state index is 0.00196. The topological polar surface area (TPSA) is 89.8 Å². The summed E-state index contributed by atoms with van der Waals surface area (Å²) in [5.74, 6) is 0.414. The Balaban J connectivity index is 2.49. The number of benzene rings is 2. The molecule has 0 N–H and O–H groups in total. The number of hydrogen-bond donors (Lipinski definition) is 0. The van der Waals surface area contributed by atoms with Gasteiger partial charge in [0, 0.05) is 12.1 Å². The Bertz CT molecular complexity index is 897. The number of halogens is 1. The molecule has 0 saturated heterocycles. The molecule has 0 aromatic heterocycles. The monoisotopic (exact) mass is 382 g/mol. The summed E-state index contributed by atoms with van der Waals surface area (Å²) < 4.78 is 32.0. The first-order valence-corrected chi connectivity index (χ1v) is 8.84. The average Bonchev–Trinajstić information content (AvgIpc) is 2.59. The van der Waals surface area contributed by atoms with E-state index in [9.17, 15) is 18.5 Å². The van der Waals surface area contributed by atoms with Crippen molar-refractivity contribution in [1.29, 1.82) is 0 Å². The van der Waals surface area contributed by atoms with Crippen LogP contribution in [0.2, 0.25) is 5.02 Å². The molecule has 0 amide bonds. The smallest absolute Gasteiger partial charge is 0.269 e. The highest BCUT2D eigenvalue weighted by atomic mass is 35.5. The van der Waals surface area contributed by atoms with Gasteiger partial charge in [-0.25, -0.2) is 8.42 Å². The second-order valence-corrected chi connectivity index (χ2v) is 7.16. The van der Waals surface area contributed by atoms with Gasteiger partial charge < -0.3 is 4.74 Å². The van der Waals surface area contributed by atoms with E-state index in [1.807, 2.05) is 0 Å².